The number of benzene rings is 4. The van der Waals surface area contributed by atoms with Gasteiger partial charge < -0.3 is 51.9 Å². The van der Waals surface area contributed by atoms with Gasteiger partial charge in [0.15, 0.2) is 0 Å². The van der Waals surface area contributed by atoms with Crippen LogP contribution in [0.15, 0.2) is 148 Å². The Morgan fingerprint density at radius 1 is 0.368 bits per heavy atom. The van der Waals surface area contributed by atoms with E-state index in [1.807, 2.05) is 121 Å². The molecule has 68 heavy (non-hydrogen) atoms. The number of aromatic amines is 2. The molecule has 10 N–H and O–H groups in total. The number of H-pyrrole nitrogens is 2. The highest BCUT2D eigenvalue weighted by atomic mass is 16.5. The van der Waals surface area contributed by atoms with Crippen LogP contribution in [0.3, 0.4) is 0 Å². The lowest BCUT2D eigenvalue weighted by Gasteiger charge is -2.13. The number of anilines is 4. The quantitative estimate of drug-likeness (QED) is 0.0401. The Kier molecular flexibility index (Phi) is 12.4. The molecule has 0 fully saturated rings. The van der Waals surface area contributed by atoms with E-state index in [1.165, 1.54) is 0 Å². The maximum absolute atomic E-state index is 6.88. The second-order valence-electron chi connectivity index (χ2n) is 15.9. The summed E-state index contributed by atoms with van der Waals surface area (Å²) in [6.07, 6.45) is 14.7. The zero-order chi connectivity index (χ0) is 47.3. The minimum atomic E-state index is 0.307. The van der Waals surface area contributed by atoms with E-state index in [9.17, 15) is 0 Å². The van der Waals surface area contributed by atoms with Gasteiger partial charge in [0.2, 0.25) is 0 Å². The Morgan fingerprint density at radius 2 is 0.603 bits per heavy atom. The second-order valence-corrected chi connectivity index (χ2v) is 15.9. The predicted octanol–water partition coefficient (Wildman–Crippen LogP) is 11.9. The molecular formula is C56H50N8O4. The molecule has 4 aromatic carbocycles. The average molecular weight is 899 g/mol. The smallest absolute Gasteiger partial charge is 0.120 e. The molecule has 0 unspecified atom stereocenters. The van der Waals surface area contributed by atoms with E-state index in [0.717, 1.165) is 22.3 Å². The van der Waals surface area contributed by atoms with Gasteiger partial charge in [0.1, 0.15) is 49.4 Å². The maximum atomic E-state index is 6.88. The molecule has 12 heteroatoms. The van der Waals surface area contributed by atoms with Crippen molar-refractivity contribution < 1.29 is 18.9 Å². The fourth-order valence-electron chi connectivity index (χ4n) is 8.33. The fourth-order valence-corrected chi connectivity index (χ4v) is 8.33. The predicted molar refractivity (Wildman–Crippen MR) is 281 cm³/mol. The molecule has 12 nitrogen and oxygen atoms in total. The number of aromatic nitrogens is 4. The number of nitrogens with one attached hydrogen (secondary N) is 2. The van der Waals surface area contributed by atoms with Crippen LogP contribution in [0, 0.1) is 0 Å². The Morgan fingerprint density at radius 3 is 0.824 bits per heavy atom. The van der Waals surface area contributed by atoms with Gasteiger partial charge in [-0.25, -0.2) is 9.97 Å². The number of hydrogen-bond acceptors (Lipinski definition) is 10. The van der Waals surface area contributed by atoms with Crippen LogP contribution in [0.2, 0.25) is 0 Å². The topological polar surface area (TPSA) is 198 Å². The molecule has 9 rings (SSSR count). The highest BCUT2D eigenvalue weighted by Gasteiger charge is 2.23. The van der Waals surface area contributed by atoms with Gasteiger partial charge in [0.05, 0.1) is 22.8 Å². The van der Waals surface area contributed by atoms with Crippen molar-refractivity contribution in [2.45, 2.75) is 0 Å². The van der Waals surface area contributed by atoms with Gasteiger partial charge in [0.25, 0.3) is 0 Å². The van der Waals surface area contributed by atoms with Crippen molar-refractivity contribution in [1.82, 2.24) is 19.9 Å². The number of rotatable bonds is 16. The minimum Gasteiger partial charge on any atom is -0.490 e. The van der Waals surface area contributed by atoms with E-state index in [-0.39, 0.29) is 0 Å². The van der Waals surface area contributed by atoms with Gasteiger partial charge in [-0.2, -0.15) is 0 Å². The standard InChI is InChI=1S/C56H50N8O4/c1-5-25-65-33-9-13-41(57)37(29-33)53-45-17-19-47(61-45)54(38-30-34(66-26-6-2)10-14-42(38)58)49-21-23-51(63-49)56(40-32-36(68-28-8-4)12-16-44(40)60)52-24-22-50(64-52)55(48-20-18-46(53)62-48)39-31-35(67-27-7-3)11-15-43(39)59/h5-24,29-32,61,64H,1-4,25-28,57-60H2. The summed E-state index contributed by atoms with van der Waals surface area (Å²) >= 11 is 0. The van der Waals surface area contributed by atoms with Gasteiger partial charge >= 0.3 is 0 Å². The lowest BCUT2D eigenvalue weighted by atomic mass is 10.0. The van der Waals surface area contributed by atoms with E-state index in [0.29, 0.717) is 139 Å². The number of nitrogens with two attached hydrogens (primary N) is 4. The first kappa shape index (κ1) is 44.1. The largest absolute Gasteiger partial charge is 0.490 e. The van der Waals surface area contributed by atoms with E-state index < -0.39 is 0 Å². The minimum absolute atomic E-state index is 0.307. The number of hydrogen-bond donors (Lipinski definition) is 6. The van der Waals surface area contributed by atoms with Crippen LogP contribution in [0.4, 0.5) is 22.7 Å². The molecule has 5 heterocycles. The van der Waals surface area contributed by atoms with Crippen LogP contribution in [-0.4, -0.2) is 46.4 Å². The molecule has 0 atom stereocenters. The van der Waals surface area contributed by atoms with Crippen LogP contribution >= 0.6 is 0 Å². The molecule has 2 aliphatic heterocycles. The fraction of sp³-hybridized carbons (Fsp3) is 0.0714. The first-order chi connectivity index (χ1) is 33.2. The van der Waals surface area contributed by atoms with Crippen molar-refractivity contribution in [2.75, 3.05) is 49.4 Å². The van der Waals surface area contributed by atoms with Crippen molar-refractivity contribution in [3.63, 3.8) is 0 Å². The Bertz CT molecular complexity index is 2960. The second kappa shape index (κ2) is 19.1. The Labute approximate surface area is 393 Å². The van der Waals surface area contributed by atoms with Gasteiger partial charge in [-0.05, 0) is 121 Å². The molecule has 338 valence electrons. The zero-order valence-electron chi connectivity index (χ0n) is 37.4. The maximum Gasteiger partial charge on any atom is 0.120 e. The summed E-state index contributed by atoms with van der Waals surface area (Å²) in [5.41, 5.74) is 40.6. The third kappa shape index (κ3) is 8.69. The molecule has 2 aliphatic rings. The summed E-state index contributed by atoms with van der Waals surface area (Å²) in [6.45, 7) is 16.6. The van der Waals surface area contributed by atoms with Crippen LogP contribution in [0.25, 0.3) is 90.9 Å². The monoisotopic (exact) mass is 898 g/mol. The summed E-state index contributed by atoms with van der Waals surface area (Å²) in [5.74, 6) is 2.44. The molecule has 0 saturated heterocycles. The van der Waals surface area contributed by atoms with Crippen molar-refractivity contribution in [1.29, 1.82) is 0 Å². The first-order valence-electron chi connectivity index (χ1n) is 21.9. The number of fused-ring (bicyclic) bond motifs is 8. The summed E-state index contributed by atoms with van der Waals surface area (Å²) in [5, 5.41) is 0. The third-order valence-electron chi connectivity index (χ3n) is 11.4. The molecule has 0 aliphatic carbocycles. The van der Waals surface area contributed by atoms with Crippen molar-refractivity contribution in [3.05, 3.63) is 170 Å². The van der Waals surface area contributed by atoms with Crippen molar-refractivity contribution in [2.24, 2.45) is 0 Å². The molecule has 0 spiro atoms. The lowest BCUT2D eigenvalue weighted by Crippen LogP contribution is -1.98. The van der Waals surface area contributed by atoms with Crippen LogP contribution in [-0.2, 0) is 0 Å². The zero-order valence-corrected chi connectivity index (χ0v) is 37.4. The molecule has 3 aromatic heterocycles. The van der Waals surface area contributed by atoms with E-state index in [2.05, 4.69) is 36.3 Å². The van der Waals surface area contributed by atoms with Gasteiger partial charge in [-0.15, -0.1) is 0 Å². The van der Waals surface area contributed by atoms with E-state index in [4.69, 9.17) is 51.9 Å². The Hall–Kier alpha value is -9.16. The summed E-state index contributed by atoms with van der Waals surface area (Å²) in [7, 11) is 0. The SMILES string of the molecule is C=CCOc1ccc(N)c(-c2c3nc(c(-c4cc(OCC=C)ccc4N)c4ccc([nH]4)c(-c4cc(OCC=C)ccc4N)c4nc(c(-c5cc(OCC=C)ccc5N)c5ccc2[nH]5)C=C4)C=C3)c1. The van der Waals surface area contributed by atoms with E-state index >= 15 is 0 Å². The van der Waals surface area contributed by atoms with Crippen LogP contribution < -0.4 is 41.9 Å². The van der Waals surface area contributed by atoms with Crippen LogP contribution in [0.5, 0.6) is 23.0 Å². The molecule has 0 amide bonds. The Balaban J connectivity index is 1.47. The normalized spacial score (nSPS) is 11.5. The molecular weight excluding hydrogens is 849 g/mol. The average Bonchev–Trinajstić information content (AvgIpc) is 4.20. The van der Waals surface area contributed by atoms with Crippen molar-refractivity contribution >= 4 is 69.1 Å². The lowest BCUT2D eigenvalue weighted by molar-refractivity contribution is 0.363. The molecule has 8 bridgehead atoms. The van der Waals surface area contributed by atoms with Crippen molar-refractivity contribution in [3.8, 4) is 67.5 Å². The number of nitrogen functional groups attached to an aromatic ring is 4. The van der Waals surface area contributed by atoms with Gasteiger partial charge in [-0.1, -0.05) is 50.6 Å². The highest BCUT2D eigenvalue weighted by molar-refractivity contribution is 6.03. The van der Waals surface area contributed by atoms with Gasteiger partial charge in [0, 0.05) is 89.3 Å². The summed E-state index contributed by atoms with van der Waals surface area (Å²) < 4.78 is 24.2. The third-order valence-corrected chi connectivity index (χ3v) is 11.4. The van der Waals surface area contributed by atoms with E-state index in [1.54, 1.807) is 24.3 Å². The summed E-state index contributed by atoms with van der Waals surface area (Å²) in [4.78, 5) is 18.3. The van der Waals surface area contributed by atoms with Gasteiger partial charge in [-0.3, -0.25) is 0 Å². The summed E-state index contributed by atoms with van der Waals surface area (Å²) in [6, 6.07) is 30.3. The number of ether oxygens (including phenoxy) is 4. The highest BCUT2D eigenvalue weighted by Crippen LogP contribution is 2.43. The first-order valence-corrected chi connectivity index (χ1v) is 21.9. The van der Waals surface area contributed by atoms with Crippen LogP contribution in [0.1, 0.15) is 22.8 Å². The number of nitrogens with zero attached hydrogens (tertiary/aromatic N) is 2. The molecule has 7 aromatic rings. The molecule has 0 saturated carbocycles. The molecule has 0 radical (unpaired) electrons.